The van der Waals surface area contributed by atoms with Gasteiger partial charge in [-0.2, -0.15) is 5.10 Å². The van der Waals surface area contributed by atoms with Gasteiger partial charge in [0.05, 0.1) is 6.20 Å². The highest BCUT2D eigenvalue weighted by Gasteiger charge is 1.88. The Morgan fingerprint density at radius 1 is 1.80 bits per heavy atom. The summed E-state index contributed by atoms with van der Waals surface area (Å²) in [5, 5.41) is 12.5. The van der Waals surface area contributed by atoms with Gasteiger partial charge in [0.25, 0.3) is 0 Å². The monoisotopic (exact) mass is 139 g/mol. The standard InChI is InChI=1S/C4H5N5O/c5-4(10)9-8-3-1-2-6-7-3/h1-2H,(H2,5,10)(H,6,7). The number of nitrogens with zero attached hydrogens (tertiary/aromatic N) is 3. The van der Waals surface area contributed by atoms with E-state index in [-0.39, 0.29) is 0 Å². The Labute approximate surface area is 56.1 Å². The van der Waals surface area contributed by atoms with Gasteiger partial charge in [0, 0.05) is 6.07 Å². The number of rotatable bonds is 1. The molecule has 0 radical (unpaired) electrons. The Balaban J connectivity index is 2.64. The average molecular weight is 139 g/mol. The van der Waals surface area contributed by atoms with Crippen molar-refractivity contribution in [2.75, 3.05) is 0 Å². The summed E-state index contributed by atoms with van der Waals surface area (Å²) in [4.78, 5) is 10.0. The number of nitrogens with two attached hydrogens (primary N) is 1. The predicted octanol–water partition coefficient (Wildman–Crippen LogP) is 0.572. The highest BCUT2D eigenvalue weighted by atomic mass is 16.2. The van der Waals surface area contributed by atoms with E-state index in [0.29, 0.717) is 5.82 Å². The molecule has 1 aromatic rings. The lowest BCUT2D eigenvalue weighted by molar-refractivity contribution is 0.255. The van der Waals surface area contributed by atoms with Crippen molar-refractivity contribution >= 4 is 11.8 Å². The SMILES string of the molecule is NC(=O)N=Nc1ccn[nH]1. The summed E-state index contributed by atoms with van der Waals surface area (Å²) in [5.41, 5.74) is 4.68. The van der Waals surface area contributed by atoms with Crippen LogP contribution in [0.2, 0.25) is 0 Å². The lowest BCUT2D eigenvalue weighted by Gasteiger charge is -1.78. The zero-order chi connectivity index (χ0) is 7.40. The Morgan fingerprint density at radius 3 is 3.10 bits per heavy atom. The molecule has 1 aromatic heterocycles. The van der Waals surface area contributed by atoms with Crippen molar-refractivity contribution in [1.82, 2.24) is 10.2 Å². The molecule has 0 unspecified atom stereocenters. The van der Waals surface area contributed by atoms with Gasteiger partial charge in [0.15, 0.2) is 5.82 Å². The number of azo groups is 1. The largest absolute Gasteiger partial charge is 0.357 e. The third-order valence-corrected chi connectivity index (χ3v) is 0.742. The van der Waals surface area contributed by atoms with E-state index in [9.17, 15) is 4.79 Å². The fourth-order valence-corrected chi connectivity index (χ4v) is 0.407. The number of H-pyrrole nitrogens is 1. The van der Waals surface area contributed by atoms with Crippen molar-refractivity contribution in [2.45, 2.75) is 0 Å². The van der Waals surface area contributed by atoms with E-state index in [1.807, 2.05) is 0 Å². The van der Waals surface area contributed by atoms with Crippen molar-refractivity contribution in [1.29, 1.82) is 0 Å². The summed E-state index contributed by atoms with van der Waals surface area (Å²) in [6, 6.07) is 0.738. The molecule has 6 heteroatoms. The highest BCUT2D eigenvalue weighted by Crippen LogP contribution is 2.03. The van der Waals surface area contributed by atoms with Gasteiger partial charge in [-0.05, 0) is 0 Å². The molecule has 0 saturated heterocycles. The molecule has 0 atom stereocenters. The predicted molar refractivity (Wildman–Crippen MR) is 32.7 cm³/mol. The van der Waals surface area contributed by atoms with Crippen molar-refractivity contribution in [3.8, 4) is 0 Å². The number of hydrogen-bond acceptors (Lipinski definition) is 3. The Hall–Kier alpha value is -1.72. The van der Waals surface area contributed by atoms with Crippen LogP contribution in [0.1, 0.15) is 0 Å². The lowest BCUT2D eigenvalue weighted by atomic mass is 10.7. The van der Waals surface area contributed by atoms with E-state index in [2.05, 4.69) is 26.2 Å². The summed E-state index contributed by atoms with van der Waals surface area (Å²) in [6.45, 7) is 0. The summed E-state index contributed by atoms with van der Waals surface area (Å²) < 4.78 is 0. The summed E-state index contributed by atoms with van der Waals surface area (Å²) in [7, 11) is 0. The van der Waals surface area contributed by atoms with E-state index in [1.165, 1.54) is 6.20 Å². The van der Waals surface area contributed by atoms with Crippen LogP contribution >= 0.6 is 0 Å². The van der Waals surface area contributed by atoms with Gasteiger partial charge in [-0.25, -0.2) is 4.79 Å². The molecule has 0 aliphatic rings. The Morgan fingerprint density at radius 2 is 2.60 bits per heavy atom. The van der Waals surface area contributed by atoms with Crippen LogP contribution in [0.5, 0.6) is 0 Å². The molecule has 52 valence electrons. The summed E-state index contributed by atoms with van der Waals surface area (Å²) in [5.74, 6) is 0.402. The molecule has 3 N–H and O–H groups in total. The maximum Gasteiger partial charge on any atom is 0.357 e. The first-order chi connectivity index (χ1) is 4.79. The molecule has 1 rings (SSSR count). The minimum absolute atomic E-state index is 0.402. The van der Waals surface area contributed by atoms with Crippen LogP contribution in [0, 0.1) is 0 Å². The minimum Gasteiger partial charge on any atom is -0.348 e. The number of aromatic nitrogens is 2. The van der Waals surface area contributed by atoms with Crippen LogP contribution in [-0.2, 0) is 0 Å². The molecule has 1 heterocycles. The molecule has 0 aliphatic carbocycles. The number of primary amides is 1. The molecule has 0 aliphatic heterocycles. The number of urea groups is 1. The molecule has 2 amide bonds. The third-order valence-electron chi connectivity index (χ3n) is 0.742. The molecule has 10 heavy (non-hydrogen) atoms. The lowest BCUT2D eigenvalue weighted by Crippen LogP contribution is -2.01. The van der Waals surface area contributed by atoms with Gasteiger partial charge >= 0.3 is 6.03 Å². The van der Waals surface area contributed by atoms with Gasteiger partial charge in [-0.3, -0.25) is 5.10 Å². The number of aromatic amines is 1. The van der Waals surface area contributed by atoms with Gasteiger partial charge in [-0.1, -0.05) is 5.11 Å². The smallest absolute Gasteiger partial charge is 0.348 e. The van der Waals surface area contributed by atoms with Crippen molar-refractivity contribution in [2.24, 2.45) is 16.0 Å². The maximum absolute atomic E-state index is 10.0. The minimum atomic E-state index is -0.824. The van der Waals surface area contributed by atoms with Crippen LogP contribution in [-0.4, -0.2) is 16.2 Å². The van der Waals surface area contributed by atoms with E-state index in [0.717, 1.165) is 0 Å². The second kappa shape index (κ2) is 2.72. The quantitative estimate of drug-likeness (QED) is 0.556. The first-order valence-corrected chi connectivity index (χ1v) is 2.49. The summed E-state index contributed by atoms with van der Waals surface area (Å²) in [6.07, 6.45) is 1.50. The van der Waals surface area contributed by atoms with E-state index in [4.69, 9.17) is 0 Å². The molecular formula is C4H5N5O. The molecular weight excluding hydrogens is 134 g/mol. The second-order valence-corrected chi connectivity index (χ2v) is 1.48. The van der Waals surface area contributed by atoms with Crippen LogP contribution in [0.25, 0.3) is 0 Å². The van der Waals surface area contributed by atoms with Crippen LogP contribution in [0.4, 0.5) is 10.6 Å². The van der Waals surface area contributed by atoms with Gasteiger partial charge in [0.2, 0.25) is 0 Å². The van der Waals surface area contributed by atoms with E-state index < -0.39 is 6.03 Å². The second-order valence-electron chi connectivity index (χ2n) is 1.48. The van der Waals surface area contributed by atoms with Crippen LogP contribution in [0.15, 0.2) is 22.5 Å². The highest BCUT2D eigenvalue weighted by molar-refractivity contribution is 5.72. The molecule has 0 bridgehead atoms. The zero-order valence-electron chi connectivity index (χ0n) is 4.98. The van der Waals surface area contributed by atoms with E-state index >= 15 is 0 Å². The fraction of sp³-hybridized carbons (Fsp3) is 0. The van der Waals surface area contributed by atoms with Crippen LogP contribution in [0.3, 0.4) is 0 Å². The molecule has 0 fully saturated rings. The van der Waals surface area contributed by atoms with Crippen molar-refractivity contribution in [3.63, 3.8) is 0 Å². The average Bonchev–Trinajstić information content (AvgIpc) is 2.34. The number of nitrogens with one attached hydrogen (secondary N) is 1. The third kappa shape index (κ3) is 1.66. The van der Waals surface area contributed by atoms with Gasteiger partial charge in [-0.15, -0.1) is 5.11 Å². The number of carbonyl (C=O) groups is 1. The molecule has 0 saturated carbocycles. The zero-order valence-corrected chi connectivity index (χ0v) is 4.98. The molecule has 0 spiro atoms. The number of carbonyl (C=O) groups excluding carboxylic acids is 1. The number of hydrogen-bond donors (Lipinski definition) is 2. The molecule has 6 nitrogen and oxygen atoms in total. The van der Waals surface area contributed by atoms with Crippen molar-refractivity contribution in [3.05, 3.63) is 12.3 Å². The Bertz CT molecular complexity index is 238. The number of amides is 2. The van der Waals surface area contributed by atoms with Gasteiger partial charge in [0.1, 0.15) is 0 Å². The Kier molecular flexibility index (Phi) is 1.74. The van der Waals surface area contributed by atoms with Gasteiger partial charge < -0.3 is 5.73 Å². The van der Waals surface area contributed by atoms with Crippen molar-refractivity contribution < 1.29 is 4.79 Å². The summed E-state index contributed by atoms with van der Waals surface area (Å²) >= 11 is 0. The molecule has 0 aromatic carbocycles. The van der Waals surface area contributed by atoms with Crippen LogP contribution < -0.4 is 5.73 Å². The fourth-order valence-electron chi connectivity index (χ4n) is 0.407. The first-order valence-electron chi connectivity index (χ1n) is 2.49. The van der Waals surface area contributed by atoms with E-state index in [1.54, 1.807) is 6.07 Å². The first kappa shape index (κ1) is 6.40. The maximum atomic E-state index is 10.0. The topological polar surface area (TPSA) is 96.5 Å². The normalized spacial score (nSPS) is 10.4.